The number of benzene rings is 1. The van der Waals surface area contributed by atoms with Crippen molar-refractivity contribution < 1.29 is 9.59 Å². The van der Waals surface area contributed by atoms with Crippen molar-refractivity contribution in [3.8, 4) is 0 Å². The predicted octanol–water partition coefficient (Wildman–Crippen LogP) is 1.91. The van der Waals surface area contributed by atoms with E-state index in [1.54, 1.807) is 0 Å². The van der Waals surface area contributed by atoms with Gasteiger partial charge in [0.1, 0.15) is 5.88 Å². The number of anilines is 1. The number of hydrogen-bond donors (Lipinski definition) is 2. The molecule has 5 heteroatoms. The molecule has 0 unspecified atom stereocenters. The van der Waals surface area contributed by atoms with E-state index in [0.29, 0.717) is 0 Å². The van der Waals surface area contributed by atoms with Crippen LogP contribution in [0.4, 0.5) is 5.69 Å². The molecule has 2 amide bonds. The highest BCUT2D eigenvalue weighted by atomic mass is 35.5. The molecule has 4 nitrogen and oxygen atoms in total. The van der Waals surface area contributed by atoms with E-state index in [1.807, 2.05) is 32.9 Å². The van der Waals surface area contributed by atoms with E-state index in [-0.39, 0.29) is 24.2 Å². The van der Waals surface area contributed by atoms with E-state index in [4.69, 9.17) is 11.6 Å². The Morgan fingerprint density at radius 2 is 1.67 bits per heavy atom. The van der Waals surface area contributed by atoms with Gasteiger partial charge in [-0.2, -0.15) is 0 Å². The van der Waals surface area contributed by atoms with Gasteiger partial charge in [0.25, 0.3) is 0 Å². The standard InChI is InChI=1S/C13H17ClN2O2/c1-8-4-9(2)13(10(3)5-8)16-12(18)7-15-11(17)6-14/h4-5H,6-7H2,1-3H3,(H,15,17)(H,16,18). The van der Waals surface area contributed by atoms with Gasteiger partial charge in [-0.1, -0.05) is 17.7 Å². The Labute approximate surface area is 112 Å². The molecule has 0 aromatic heterocycles. The Balaban J connectivity index is 2.68. The van der Waals surface area contributed by atoms with Crippen LogP contribution in [0.25, 0.3) is 0 Å². The molecule has 0 radical (unpaired) electrons. The Morgan fingerprint density at radius 1 is 1.11 bits per heavy atom. The molecule has 0 saturated heterocycles. The number of hydrogen-bond acceptors (Lipinski definition) is 2. The average molecular weight is 269 g/mol. The third-order valence-electron chi connectivity index (χ3n) is 2.51. The number of carbonyl (C=O) groups is 2. The van der Waals surface area contributed by atoms with Crippen molar-refractivity contribution in [3.05, 3.63) is 28.8 Å². The van der Waals surface area contributed by atoms with E-state index < -0.39 is 0 Å². The molecule has 0 atom stereocenters. The van der Waals surface area contributed by atoms with Gasteiger partial charge in [-0.3, -0.25) is 9.59 Å². The van der Waals surface area contributed by atoms with E-state index in [9.17, 15) is 9.59 Å². The van der Waals surface area contributed by atoms with Gasteiger partial charge in [-0.15, -0.1) is 11.6 Å². The van der Waals surface area contributed by atoms with Gasteiger partial charge in [0.2, 0.25) is 11.8 Å². The number of rotatable bonds is 4. The molecule has 18 heavy (non-hydrogen) atoms. The van der Waals surface area contributed by atoms with Crippen LogP contribution in [-0.4, -0.2) is 24.2 Å². The van der Waals surface area contributed by atoms with Crippen LogP contribution in [0.5, 0.6) is 0 Å². The van der Waals surface area contributed by atoms with Crippen LogP contribution >= 0.6 is 11.6 Å². The first-order chi connectivity index (χ1) is 8.43. The summed E-state index contributed by atoms with van der Waals surface area (Å²) in [5.74, 6) is -0.761. The highest BCUT2D eigenvalue weighted by molar-refractivity contribution is 6.27. The summed E-state index contributed by atoms with van der Waals surface area (Å²) in [4.78, 5) is 22.6. The summed E-state index contributed by atoms with van der Waals surface area (Å²) in [6.07, 6.45) is 0. The van der Waals surface area contributed by atoms with Gasteiger partial charge in [-0.05, 0) is 31.9 Å². The van der Waals surface area contributed by atoms with Crippen molar-refractivity contribution in [2.75, 3.05) is 17.7 Å². The summed E-state index contributed by atoms with van der Waals surface area (Å²) in [6.45, 7) is 5.81. The van der Waals surface area contributed by atoms with Crippen molar-refractivity contribution in [1.82, 2.24) is 5.32 Å². The molecular formula is C13H17ClN2O2. The molecular weight excluding hydrogens is 252 g/mol. The maximum absolute atomic E-state index is 11.7. The third-order valence-corrected chi connectivity index (χ3v) is 2.75. The molecule has 1 aromatic rings. The van der Waals surface area contributed by atoms with Gasteiger partial charge < -0.3 is 10.6 Å². The van der Waals surface area contributed by atoms with Crippen LogP contribution in [-0.2, 0) is 9.59 Å². The zero-order valence-electron chi connectivity index (χ0n) is 10.8. The van der Waals surface area contributed by atoms with Crippen LogP contribution in [0.1, 0.15) is 16.7 Å². The molecule has 1 aromatic carbocycles. The summed E-state index contributed by atoms with van der Waals surface area (Å²) < 4.78 is 0. The molecule has 98 valence electrons. The molecule has 2 N–H and O–H groups in total. The monoisotopic (exact) mass is 268 g/mol. The zero-order chi connectivity index (χ0) is 13.7. The minimum absolute atomic E-state index is 0.0711. The Hall–Kier alpha value is -1.55. The number of nitrogens with one attached hydrogen (secondary N) is 2. The maximum atomic E-state index is 11.7. The molecule has 0 saturated carbocycles. The fourth-order valence-corrected chi connectivity index (χ4v) is 1.88. The molecule has 0 heterocycles. The topological polar surface area (TPSA) is 58.2 Å². The van der Waals surface area contributed by atoms with Crippen molar-refractivity contribution in [3.63, 3.8) is 0 Å². The summed E-state index contributed by atoms with van der Waals surface area (Å²) in [5.41, 5.74) is 3.96. The largest absolute Gasteiger partial charge is 0.346 e. The van der Waals surface area contributed by atoms with Gasteiger partial charge in [0, 0.05) is 5.69 Å². The number of halogens is 1. The summed E-state index contributed by atoms with van der Waals surface area (Å²) in [5, 5.41) is 5.21. The first kappa shape index (κ1) is 14.5. The third kappa shape index (κ3) is 4.04. The van der Waals surface area contributed by atoms with Crippen molar-refractivity contribution in [1.29, 1.82) is 0 Å². The second-order valence-corrected chi connectivity index (χ2v) is 4.50. The van der Waals surface area contributed by atoms with Crippen LogP contribution in [0.2, 0.25) is 0 Å². The lowest BCUT2D eigenvalue weighted by atomic mass is 10.1. The van der Waals surface area contributed by atoms with E-state index >= 15 is 0 Å². The first-order valence-corrected chi connectivity index (χ1v) is 6.18. The normalized spacial score (nSPS) is 10.0. The SMILES string of the molecule is Cc1cc(C)c(NC(=O)CNC(=O)CCl)c(C)c1. The summed E-state index contributed by atoms with van der Waals surface area (Å²) >= 11 is 5.32. The predicted molar refractivity (Wildman–Crippen MR) is 73.0 cm³/mol. The van der Waals surface area contributed by atoms with E-state index in [1.165, 1.54) is 0 Å². The number of amides is 2. The summed E-state index contributed by atoms with van der Waals surface area (Å²) in [6, 6.07) is 4.00. The number of alkyl halides is 1. The number of carbonyl (C=O) groups excluding carboxylic acids is 2. The highest BCUT2D eigenvalue weighted by Crippen LogP contribution is 2.21. The second-order valence-electron chi connectivity index (χ2n) is 4.23. The molecule has 1 rings (SSSR count). The first-order valence-electron chi connectivity index (χ1n) is 5.64. The molecule has 0 aliphatic carbocycles. The molecule has 0 fully saturated rings. The van der Waals surface area contributed by atoms with Crippen molar-refractivity contribution in [2.45, 2.75) is 20.8 Å². The Morgan fingerprint density at radius 3 is 2.17 bits per heavy atom. The van der Waals surface area contributed by atoms with Crippen molar-refractivity contribution in [2.24, 2.45) is 0 Å². The van der Waals surface area contributed by atoms with E-state index in [2.05, 4.69) is 10.6 Å². The molecule has 0 spiro atoms. The van der Waals surface area contributed by atoms with Crippen LogP contribution < -0.4 is 10.6 Å². The second kappa shape index (κ2) is 6.40. The smallest absolute Gasteiger partial charge is 0.243 e. The van der Waals surface area contributed by atoms with E-state index in [0.717, 1.165) is 22.4 Å². The van der Waals surface area contributed by atoms with Gasteiger partial charge in [0.05, 0.1) is 6.54 Å². The minimum atomic E-state index is -0.357. The fourth-order valence-electron chi connectivity index (χ4n) is 1.79. The fraction of sp³-hybridized carbons (Fsp3) is 0.385. The highest BCUT2D eigenvalue weighted by Gasteiger charge is 2.09. The quantitative estimate of drug-likeness (QED) is 0.820. The zero-order valence-corrected chi connectivity index (χ0v) is 11.5. The van der Waals surface area contributed by atoms with Gasteiger partial charge >= 0.3 is 0 Å². The average Bonchev–Trinajstić information content (AvgIpc) is 2.30. The Kier molecular flexibility index (Phi) is 5.16. The van der Waals surface area contributed by atoms with Gasteiger partial charge in [-0.25, -0.2) is 0 Å². The molecule has 0 aliphatic rings. The van der Waals surface area contributed by atoms with Crippen LogP contribution in [0, 0.1) is 20.8 Å². The lowest BCUT2D eigenvalue weighted by Crippen LogP contribution is -2.33. The lowest BCUT2D eigenvalue weighted by Gasteiger charge is -2.13. The summed E-state index contributed by atoms with van der Waals surface area (Å²) in [7, 11) is 0. The van der Waals surface area contributed by atoms with Crippen LogP contribution in [0.3, 0.4) is 0 Å². The maximum Gasteiger partial charge on any atom is 0.243 e. The molecule has 0 aliphatic heterocycles. The lowest BCUT2D eigenvalue weighted by molar-refractivity contribution is -0.122. The molecule has 0 bridgehead atoms. The minimum Gasteiger partial charge on any atom is -0.346 e. The van der Waals surface area contributed by atoms with Crippen LogP contribution in [0.15, 0.2) is 12.1 Å². The van der Waals surface area contributed by atoms with Crippen molar-refractivity contribution >= 4 is 29.1 Å². The number of aryl methyl sites for hydroxylation is 3. The Bertz CT molecular complexity index is 449. The van der Waals surface area contributed by atoms with Gasteiger partial charge in [0.15, 0.2) is 0 Å².